The first kappa shape index (κ1) is 18.5. The average Bonchev–Trinajstić information content (AvgIpc) is 3.32. The van der Waals surface area contributed by atoms with Gasteiger partial charge in [0, 0.05) is 23.7 Å². The molecule has 1 N–H and O–H groups in total. The van der Waals surface area contributed by atoms with Crippen LogP contribution in [0.2, 0.25) is 0 Å². The van der Waals surface area contributed by atoms with E-state index in [0.717, 1.165) is 24.4 Å². The van der Waals surface area contributed by atoms with Crippen molar-refractivity contribution in [1.82, 2.24) is 15.4 Å². The number of rotatable bonds is 7. The van der Waals surface area contributed by atoms with Crippen molar-refractivity contribution >= 4 is 5.91 Å². The summed E-state index contributed by atoms with van der Waals surface area (Å²) in [4.78, 5) is 14.7. The molecule has 1 fully saturated rings. The lowest BCUT2D eigenvalue weighted by molar-refractivity contribution is -0.121. The number of carbonyl (C=O) groups is 1. The van der Waals surface area contributed by atoms with Gasteiger partial charge in [-0.2, -0.15) is 0 Å². The van der Waals surface area contributed by atoms with Gasteiger partial charge in [0.25, 0.3) is 0 Å². The third-order valence-electron chi connectivity index (χ3n) is 4.94. The smallest absolute Gasteiger partial charge is 0.226 e. The number of hydrogen-bond donors (Lipinski definition) is 1. The van der Waals surface area contributed by atoms with Gasteiger partial charge in [-0.3, -0.25) is 9.69 Å². The Morgan fingerprint density at radius 2 is 2.08 bits per heavy atom. The van der Waals surface area contributed by atoms with Crippen LogP contribution in [-0.2, 0) is 11.2 Å². The Morgan fingerprint density at radius 3 is 2.81 bits per heavy atom. The molecule has 1 aliphatic rings. The van der Waals surface area contributed by atoms with Crippen molar-refractivity contribution in [3.63, 3.8) is 0 Å². The number of methoxy groups -OCH3 is 1. The second kappa shape index (κ2) is 7.91. The molecule has 1 saturated heterocycles. The Labute approximate surface area is 154 Å². The number of hydrogen-bond acceptors (Lipinski definition) is 5. The topological polar surface area (TPSA) is 67.6 Å². The number of benzene rings is 1. The Bertz CT molecular complexity index is 748. The van der Waals surface area contributed by atoms with Crippen LogP contribution in [0.3, 0.4) is 0 Å². The highest BCUT2D eigenvalue weighted by molar-refractivity contribution is 5.78. The molecule has 6 heteroatoms. The summed E-state index contributed by atoms with van der Waals surface area (Å²) < 4.78 is 10.6. The second-order valence-electron chi connectivity index (χ2n) is 7.37. The van der Waals surface area contributed by atoms with Crippen molar-refractivity contribution in [2.45, 2.75) is 38.6 Å². The summed E-state index contributed by atoms with van der Waals surface area (Å²) in [6.45, 7) is 7.20. The predicted octanol–water partition coefficient (Wildman–Crippen LogP) is 2.88. The van der Waals surface area contributed by atoms with Crippen LogP contribution in [0, 0.1) is 0 Å². The molecular formula is C20H27N3O3. The minimum Gasteiger partial charge on any atom is -0.497 e. The molecule has 1 aromatic heterocycles. The van der Waals surface area contributed by atoms with Gasteiger partial charge in [0.1, 0.15) is 5.75 Å². The van der Waals surface area contributed by atoms with E-state index in [1.54, 1.807) is 13.2 Å². The predicted molar refractivity (Wildman–Crippen MR) is 100 cm³/mol. The lowest BCUT2D eigenvalue weighted by atomic mass is 10.0. The first-order valence-corrected chi connectivity index (χ1v) is 9.10. The van der Waals surface area contributed by atoms with E-state index >= 15 is 0 Å². The highest BCUT2D eigenvalue weighted by Crippen LogP contribution is 2.24. The average molecular weight is 357 g/mol. The normalized spacial score (nSPS) is 15.2. The lowest BCUT2D eigenvalue weighted by Gasteiger charge is -2.35. The molecule has 1 aromatic carbocycles. The Hall–Kier alpha value is -2.34. The van der Waals surface area contributed by atoms with Crippen molar-refractivity contribution in [2.24, 2.45) is 0 Å². The molecule has 0 spiro atoms. The minimum absolute atomic E-state index is 0.0261. The van der Waals surface area contributed by atoms with Crippen LogP contribution in [0.25, 0.3) is 11.3 Å². The number of ether oxygens (including phenoxy) is 1. The number of nitrogens with zero attached hydrogens (tertiary/aromatic N) is 2. The van der Waals surface area contributed by atoms with Crippen molar-refractivity contribution in [3.8, 4) is 17.1 Å². The van der Waals surface area contributed by atoms with Crippen LogP contribution in [-0.4, -0.2) is 48.2 Å². The molecule has 140 valence electrons. The summed E-state index contributed by atoms with van der Waals surface area (Å²) in [5.74, 6) is 1.34. The molecule has 26 heavy (non-hydrogen) atoms. The van der Waals surface area contributed by atoms with Crippen LogP contribution >= 0.6 is 0 Å². The van der Waals surface area contributed by atoms with Gasteiger partial charge in [-0.15, -0.1) is 0 Å². The molecule has 0 atom stereocenters. The van der Waals surface area contributed by atoms with Crippen molar-refractivity contribution < 1.29 is 14.1 Å². The first-order chi connectivity index (χ1) is 12.5. The van der Waals surface area contributed by atoms with Crippen molar-refractivity contribution in [2.75, 3.05) is 26.7 Å². The highest BCUT2D eigenvalue weighted by atomic mass is 16.5. The van der Waals surface area contributed by atoms with Gasteiger partial charge in [0.15, 0.2) is 5.76 Å². The lowest BCUT2D eigenvalue weighted by Crippen LogP contribution is -2.50. The Balaban J connectivity index is 1.55. The Morgan fingerprint density at radius 1 is 1.31 bits per heavy atom. The zero-order valence-corrected chi connectivity index (χ0v) is 15.7. The number of amides is 1. The van der Waals surface area contributed by atoms with E-state index in [1.807, 2.05) is 24.3 Å². The fraction of sp³-hybridized carbons (Fsp3) is 0.500. The van der Waals surface area contributed by atoms with Crippen LogP contribution < -0.4 is 10.1 Å². The van der Waals surface area contributed by atoms with Gasteiger partial charge in [-0.05, 0) is 51.9 Å². The van der Waals surface area contributed by atoms with Gasteiger partial charge in [0.2, 0.25) is 5.91 Å². The number of nitrogens with one attached hydrogen (secondary N) is 1. The molecule has 0 aliphatic carbocycles. The second-order valence-corrected chi connectivity index (χ2v) is 7.37. The highest BCUT2D eigenvalue weighted by Gasteiger charge is 2.29. The molecule has 1 aliphatic heterocycles. The van der Waals surface area contributed by atoms with E-state index < -0.39 is 0 Å². The van der Waals surface area contributed by atoms with E-state index in [4.69, 9.17) is 9.26 Å². The molecule has 2 aromatic rings. The first-order valence-electron chi connectivity index (χ1n) is 9.10. The third-order valence-corrected chi connectivity index (χ3v) is 4.94. The summed E-state index contributed by atoms with van der Waals surface area (Å²) in [6, 6.07) is 9.37. The van der Waals surface area contributed by atoms with Gasteiger partial charge in [-0.1, -0.05) is 17.3 Å². The zero-order valence-electron chi connectivity index (χ0n) is 15.7. The molecule has 0 saturated carbocycles. The zero-order chi connectivity index (χ0) is 18.6. The van der Waals surface area contributed by atoms with Crippen LogP contribution in [0.1, 0.15) is 32.4 Å². The molecule has 0 bridgehead atoms. The fourth-order valence-electron chi connectivity index (χ4n) is 3.28. The van der Waals surface area contributed by atoms with Gasteiger partial charge in [0.05, 0.1) is 19.2 Å². The quantitative estimate of drug-likeness (QED) is 0.825. The fourth-order valence-corrected chi connectivity index (χ4v) is 3.28. The van der Waals surface area contributed by atoms with Crippen LogP contribution in [0.15, 0.2) is 34.9 Å². The van der Waals surface area contributed by atoms with E-state index in [0.29, 0.717) is 18.0 Å². The van der Waals surface area contributed by atoms with Crippen LogP contribution in [0.4, 0.5) is 0 Å². The van der Waals surface area contributed by atoms with E-state index in [9.17, 15) is 4.79 Å². The van der Waals surface area contributed by atoms with Crippen LogP contribution in [0.5, 0.6) is 5.75 Å². The summed E-state index contributed by atoms with van der Waals surface area (Å²) in [5, 5.41) is 7.06. The van der Waals surface area contributed by atoms with Crippen molar-refractivity contribution in [3.05, 3.63) is 36.0 Å². The van der Waals surface area contributed by atoms with Gasteiger partial charge >= 0.3 is 0 Å². The maximum atomic E-state index is 12.3. The monoisotopic (exact) mass is 357 g/mol. The maximum Gasteiger partial charge on any atom is 0.226 e. The molecule has 0 radical (unpaired) electrons. The third kappa shape index (κ3) is 4.43. The Kier molecular flexibility index (Phi) is 5.61. The van der Waals surface area contributed by atoms with E-state index in [2.05, 4.69) is 29.2 Å². The van der Waals surface area contributed by atoms with E-state index in [1.165, 1.54) is 12.8 Å². The summed E-state index contributed by atoms with van der Waals surface area (Å²) >= 11 is 0. The molecule has 6 nitrogen and oxygen atoms in total. The summed E-state index contributed by atoms with van der Waals surface area (Å²) in [7, 11) is 1.62. The SMILES string of the molecule is COc1cccc(-c2cc(CC(=O)NCC(C)(C)N3CCCC3)no2)c1. The number of carbonyl (C=O) groups excluding carboxylic acids is 1. The molecule has 3 rings (SSSR count). The molecule has 2 heterocycles. The van der Waals surface area contributed by atoms with Gasteiger partial charge < -0.3 is 14.6 Å². The maximum absolute atomic E-state index is 12.3. The molecule has 1 amide bonds. The van der Waals surface area contributed by atoms with Crippen molar-refractivity contribution in [1.29, 1.82) is 0 Å². The number of likely N-dealkylation sites (tertiary alicyclic amines) is 1. The largest absolute Gasteiger partial charge is 0.497 e. The standard InChI is InChI=1S/C20H27N3O3/c1-20(2,23-9-4-5-10-23)14-21-19(24)13-16-12-18(26-22-16)15-7-6-8-17(11-15)25-3/h6-8,11-12H,4-5,9-10,13-14H2,1-3H3,(H,21,24). The summed E-state index contributed by atoms with van der Waals surface area (Å²) in [5.41, 5.74) is 1.47. The van der Waals surface area contributed by atoms with E-state index in [-0.39, 0.29) is 17.9 Å². The minimum atomic E-state index is -0.0391. The molecule has 0 unspecified atom stereocenters. The molecular weight excluding hydrogens is 330 g/mol. The summed E-state index contributed by atoms with van der Waals surface area (Å²) in [6.07, 6.45) is 2.69. The van der Waals surface area contributed by atoms with Gasteiger partial charge in [-0.25, -0.2) is 0 Å². The number of aromatic nitrogens is 1.